The van der Waals surface area contributed by atoms with Gasteiger partial charge in [-0.1, -0.05) is 38.5 Å². The molecule has 0 heterocycles. The summed E-state index contributed by atoms with van der Waals surface area (Å²) in [6, 6.07) is 7.16. The number of rotatable bonds is 8. The Balaban J connectivity index is 2.78. The molecule has 2 unspecified atom stereocenters. The van der Waals surface area contributed by atoms with Crippen LogP contribution < -0.4 is 5.32 Å². The predicted molar refractivity (Wildman–Crippen MR) is 84.4 cm³/mol. The molecule has 0 aliphatic rings. The molecule has 114 valence electrons. The largest absolute Gasteiger partial charge is 0.319 e. The molecule has 1 rings (SSSR count). The summed E-state index contributed by atoms with van der Waals surface area (Å²) in [7, 11) is 4.08. The summed E-state index contributed by atoms with van der Waals surface area (Å²) in [5.41, 5.74) is 0.996. The number of nitrogens with one attached hydrogen (secondary N) is 1. The first kappa shape index (κ1) is 17.1. The monoisotopic (exact) mass is 280 g/mol. The van der Waals surface area contributed by atoms with E-state index in [2.05, 4.69) is 38.0 Å². The fourth-order valence-corrected chi connectivity index (χ4v) is 3.04. The third kappa shape index (κ3) is 4.57. The van der Waals surface area contributed by atoms with Crippen LogP contribution in [0.2, 0.25) is 0 Å². The molecular formula is C17H29FN2. The normalized spacial score (nSPS) is 16.1. The third-order valence-corrected chi connectivity index (χ3v) is 4.10. The highest BCUT2D eigenvalue weighted by Gasteiger charge is 2.27. The van der Waals surface area contributed by atoms with Crippen LogP contribution in [-0.4, -0.2) is 32.1 Å². The van der Waals surface area contributed by atoms with Crippen molar-refractivity contribution in [3.05, 3.63) is 35.6 Å². The lowest BCUT2D eigenvalue weighted by atomic mass is 9.84. The molecule has 0 aliphatic carbocycles. The van der Waals surface area contributed by atoms with Crippen molar-refractivity contribution in [2.24, 2.45) is 5.41 Å². The van der Waals surface area contributed by atoms with E-state index in [1.807, 2.05) is 19.2 Å². The summed E-state index contributed by atoms with van der Waals surface area (Å²) in [6.07, 6.45) is 2.34. The van der Waals surface area contributed by atoms with Crippen LogP contribution in [0.4, 0.5) is 4.39 Å². The summed E-state index contributed by atoms with van der Waals surface area (Å²) in [5.74, 6) is -0.113. The zero-order valence-corrected chi connectivity index (χ0v) is 13.5. The van der Waals surface area contributed by atoms with E-state index in [-0.39, 0.29) is 17.3 Å². The highest BCUT2D eigenvalue weighted by molar-refractivity contribution is 5.20. The number of nitrogens with zero attached hydrogens (tertiary/aromatic N) is 1. The van der Waals surface area contributed by atoms with E-state index in [0.717, 1.165) is 18.7 Å². The summed E-state index contributed by atoms with van der Waals surface area (Å²) in [4.78, 5) is 2.26. The van der Waals surface area contributed by atoms with Crippen LogP contribution in [-0.2, 0) is 0 Å². The van der Waals surface area contributed by atoms with E-state index in [0.29, 0.717) is 0 Å². The van der Waals surface area contributed by atoms with Gasteiger partial charge in [0.1, 0.15) is 5.82 Å². The van der Waals surface area contributed by atoms with Gasteiger partial charge in [0.25, 0.3) is 0 Å². The Hall–Kier alpha value is -0.930. The Morgan fingerprint density at radius 2 is 2.00 bits per heavy atom. The SMILES string of the molecule is CCCC(C)(CNC)CN(C)C(C)c1ccccc1F. The van der Waals surface area contributed by atoms with Crippen molar-refractivity contribution in [1.29, 1.82) is 0 Å². The number of benzene rings is 1. The van der Waals surface area contributed by atoms with Gasteiger partial charge < -0.3 is 5.32 Å². The first-order valence-corrected chi connectivity index (χ1v) is 7.53. The maximum atomic E-state index is 13.9. The van der Waals surface area contributed by atoms with Crippen LogP contribution in [0.1, 0.15) is 45.2 Å². The van der Waals surface area contributed by atoms with Gasteiger partial charge >= 0.3 is 0 Å². The van der Waals surface area contributed by atoms with Gasteiger partial charge in [-0.05, 0) is 38.9 Å². The summed E-state index contributed by atoms with van der Waals surface area (Å²) < 4.78 is 13.9. The molecule has 20 heavy (non-hydrogen) atoms. The fourth-order valence-electron chi connectivity index (χ4n) is 3.04. The van der Waals surface area contributed by atoms with Crippen LogP contribution in [0.15, 0.2) is 24.3 Å². The zero-order chi connectivity index (χ0) is 15.2. The van der Waals surface area contributed by atoms with E-state index in [1.54, 1.807) is 12.1 Å². The van der Waals surface area contributed by atoms with Crippen LogP contribution in [0, 0.1) is 11.2 Å². The highest BCUT2D eigenvalue weighted by atomic mass is 19.1. The Bertz CT molecular complexity index is 400. The first-order valence-electron chi connectivity index (χ1n) is 7.53. The van der Waals surface area contributed by atoms with Crippen LogP contribution >= 0.6 is 0 Å². The van der Waals surface area contributed by atoms with Crippen molar-refractivity contribution in [3.8, 4) is 0 Å². The van der Waals surface area contributed by atoms with Crippen molar-refractivity contribution in [2.75, 3.05) is 27.2 Å². The molecule has 1 aromatic carbocycles. The van der Waals surface area contributed by atoms with E-state index in [1.165, 1.54) is 12.8 Å². The van der Waals surface area contributed by atoms with Gasteiger partial charge in [-0.15, -0.1) is 0 Å². The zero-order valence-electron chi connectivity index (χ0n) is 13.5. The van der Waals surface area contributed by atoms with Crippen LogP contribution in [0.3, 0.4) is 0 Å². The van der Waals surface area contributed by atoms with Crippen LogP contribution in [0.25, 0.3) is 0 Å². The number of hydrogen-bond acceptors (Lipinski definition) is 2. The second kappa shape index (κ2) is 7.75. The smallest absolute Gasteiger partial charge is 0.127 e. The maximum Gasteiger partial charge on any atom is 0.127 e. The Morgan fingerprint density at radius 3 is 2.55 bits per heavy atom. The second-order valence-corrected chi connectivity index (χ2v) is 6.20. The minimum absolute atomic E-state index is 0.0873. The Kier molecular flexibility index (Phi) is 6.63. The van der Waals surface area contributed by atoms with Gasteiger partial charge in [-0.25, -0.2) is 4.39 Å². The molecule has 0 saturated carbocycles. The quantitative estimate of drug-likeness (QED) is 0.778. The highest BCUT2D eigenvalue weighted by Crippen LogP contribution is 2.28. The molecule has 0 bridgehead atoms. The second-order valence-electron chi connectivity index (χ2n) is 6.20. The minimum Gasteiger partial charge on any atom is -0.319 e. The average molecular weight is 280 g/mol. The molecule has 0 fully saturated rings. The minimum atomic E-state index is -0.113. The average Bonchev–Trinajstić information content (AvgIpc) is 2.38. The number of halogens is 1. The van der Waals surface area contributed by atoms with Gasteiger partial charge in [-0.2, -0.15) is 0 Å². The molecule has 0 spiro atoms. The lowest BCUT2D eigenvalue weighted by molar-refractivity contribution is 0.142. The molecule has 0 amide bonds. The lowest BCUT2D eigenvalue weighted by Gasteiger charge is -2.36. The van der Waals surface area contributed by atoms with Gasteiger partial charge in [0.15, 0.2) is 0 Å². The molecule has 2 atom stereocenters. The molecule has 3 heteroatoms. The van der Waals surface area contributed by atoms with Gasteiger partial charge in [0.05, 0.1) is 0 Å². The molecule has 0 aromatic heterocycles. The van der Waals surface area contributed by atoms with E-state index >= 15 is 0 Å². The Morgan fingerprint density at radius 1 is 1.35 bits per heavy atom. The summed E-state index contributed by atoms with van der Waals surface area (Å²) >= 11 is 0. The van der Waals surface area contributed by atoms with Crippen molar-refractivity contribution in [2.45, 2.75) is 39.7 Å². The molecule has 0 radical (unpaired) electrons. The van der Waals surface area contributed by atoms with Crippen molar-refractivity contribution >= 4 is 0 Å². The van der Waals surface area contributed by atoms with Gasteiger partial charge in [0.2, 0.25) is 0 Å². The predicted octanol–water partition coefficient (Wildman–Crippen LogP) is 3.84. The van der Waals surface area contributed by atoms with Gasteiger partial charge in [0, 0.05) is 24.7 Å². The lowest BCUT2D eigenvalue weighted by Crippen LogP contribution is -2.41. The molecule has 0 saturated heterocycles. The van der Waals surface area contributed by atoms with E-state index in [4.69, 9.17) is 0 Å². The maximum absolute atomic E-state index is 13.9. The Labute approximate surface area is 123 Å². The first-order chi connectivity index (χ1) is 9.43. The molecule has 2 nitrogen and oxygen atoms in total. The molecule has 1 aromatic rings. The van der Waals surface area contributed by atoms with Crippen LogP contribution in [0.5, 0.6) is 0 Å². The molecular weight excluding hydrogens is 251 g/mol. The van der Waals surface area contributed by atoms with E-state index < -0.39 is 0 Å². The van der Waals surface area contributed by atoms with Crippen molar-refractivity contribution < 1.29 is 4.39 Å². The number of hydrogen-bond donors (Lipinski definition) is 1. The topological polar surface area (TPSA) is 15.3 Å². The summed E-state index contributed by atoms with van der Waals surface area (Å²) in [6.45, 7) is 8.53. The van der Waals surface area contributed by atoms with E-state index in [9.17, 15) is 4.39 Å². The summed E-state index contributed by atoms with van der Waals surface area (Å²) in [5, 5.41) is 3.29. The van der Waals surface area contributed by atoms with Gasteiger partial charge in [-0.3, -0.25) is 4.90 Å². The molecule has 1 N–H and O–H groups in total. The molecule has 0 aliphatic heterocycles. The van der Waals surface area contributed by atoms with Crippen molar-refractivity contribution in [1.82, 2.24) is 10.2 Å². The fraction of sp³-hybridized carbons (Fsp3) is 0.647. The standard InChI is InChI=1S/C17H29FN2/c1-6-11-17(3,12-19-4)13-20(5)14(2)15-9-7-8-10-16(15)18/h7-10,14,19H,6,11-13H2,1-5H3. The van der Waals surface area contributed by atoms with Crippen molar-refractivity contribution in [3.63, 3.8) is 0 Å². The third-order valence-electron chi connectivity index (χ3n) is 4.10.